The van der Waals surface area contributed by atoms with Gasteiger partial charge in [0.15, 0.2) is 0 Å². The fourth-order valence-electron chi connectivity index (χ4n) is 9.46. The Bertz CT molecular complexity index is 3190. The van der Waals surface area contributed by atoms with E-state index < -0.39 is 5.41 Å². The van der Waals surface area contributed by atoms with Crippen molar-refractivity contribution >= 4 is 84.8 Å². The summed E-state index contributed by atoms with van der Waals surface area (Å²) in [4.78, 5) is 0. The van der Waals surface area contributed by atoms with E-state index in [9.17, 15) is 0 Å². The highest BCUT2D eigenvalue weighted by Crippen LogP contribution is 2.57. The summed E-state index contributed by atoms with van der Waals surface area (Å²) in [7, 11) is 0. The fraction of sp³-hybridized carbons (Fsp3) is 0.0204. The summed E-state index contributed by atoms with van der Waals surface area (Å²) in [6, 6.07) is 65.6. The van der Waals surface area contributed by atoms with Crippen molar-refractivity contribution in [3.05, 3.63) is 198 Å². The van der Waals surface area contributed by atoms with Gasteiger partial charge < -0.3 is 4.57 Å². The maximum atomic E-state index is 2.59. The van der Waals surface area contributed by atoms with E-state index in [1.54, 1.807) is 0 Å². The SMILES string of the molecule is c1ccc(C2(c3ccccc3)c3ccccc3-c3ccc(-n4c5ccccc5c5c6c7ccccc7sc6c6sc7ccccc7c6c54)cc32)cc1. The highest BCUT2D eigenvalue weighted by Gasteiger charge is 2.46. The van der Waals surface area contributed by atoms with E-state index in [4.69, 9.17) is 0 Å². The highest BCUT2D eigenvalue weighted by atomic mass is 32.1. The molecule has 0 radical (unpaired) electrons. The van der Waals surface area contributed by atoms with Crippen LogP contribution in [0, 0.1) is 0 Å². The molecule has 0 amide bonds. The standard InChI is InChI=1S/C49H29NS2/c1-3-15-30(16-4-1)49(31-17-5-2-6-18-31)38-23-11-7-19-33(38)34-28-27-32(29-39(34)49)50-40-24-12-8-20-35(40)43-44-36-21-9-13-25-41(36)51-47(44)48-45(46(43)50)37-22-10-14-26-42(37)52-48/h1-29H. The Kier molecular flexibility index (Phi) is 5.80. The third kappa shape index (κ3) is 3.57. The average Bonchev–Trinajstić information content (AvgIpc) is 3.95. The van der Waals surface area contributed by atoms with Gasteiger partial charge in [-0.25, -0.2) is 0 Å². The van der Waals surface area contributed by atoms with Crippen LogP contribution in [0.1, 0.15) is 22.3 Å². The van der Waals surface area contributed by atoms with E-state index in [2.05, 4.69) is 180 Å². The minimum absolute atomic E-state index is 0.468. The number of thiophene rings is 2. The van der Waals surface area contributed by atoms with Crippen LogP contribution in [-0.4, -0.2) is 4.57 Å². The first-order chi connectivity index (χ1) is 25.8. The predicted molar refractivity (Wildman–Crippen MR) is 224 cm³/mol. The third-order valence-corrected chi connectivity index (χ3v) is 14.0. The van der Waals surface area contributed by atoms with Gasteiger partial charge in [0.1, 0.15) is 0 Å². The van der Waals surface area contributed by atoms with Crippen molar-refractivity contribution in [2.24, 2.45) is 0 Å². The van der Waals surface area contributed by atoms with Crippen LogP contribution < -0.4 is 0 Å². The molecule has 0 bridgehead atoms. The second-order valence-electron chi connectivity index (χ2n) is 13.9. The van der Waals surface area contributed by atoms with Gasteiger partial charge in [0.25, 0.3) is 0 Å². The number of rotatable bonds is 3. The molecule has 0 fully saturated rings. The first-order valence-electron chi connectivity index (χ1n) is 17.9. The molecule has 0 spiro atoms. The summed E-state index contributed by atoms with van der Waals surface area (Å²) >= 11 is 3.88. The fourth-order valence-corrected chi connectivity index (χ4v) is 12.0. The van der Waals surface area contributed by atoms with E-state index in [0.29, 0.717) is 0 Å². The number of nitrogens with zero attached hydrogens (tertiary/aromatic N) is 1. The molecule has 12 rings (SSSR count). The molecule has 0 saturated heterocycles. The molecule has 0 N–H and O–H groups in total. The van der Waals surface area contributed by atoms with Gasteiger partial charge in [-0.15, -0.1) is 22.7 Å². The van der Waals surface area contributed by atoms with E-state index in [1.165, 1.54) is 101 Å². The number of fused-ring (bicyclic) bond motifs is 15. The minimum atomic E-state index is -0.468. The molecule has 52 heavy (non-hydrogen) atoms. The van der Waals surface area contributed by atoms with Gasteiger partial charge >= 0.3 is 0 Å². The van der Waals surface area contributed by atoms with E-state index in [0.717, 1.165) is 0 Å². The predicted octanol–water partition coefficient (Wildman–Crippen LogP) is 13.9. The normalized spacial score (nSPS) is 13.5. The number of aromatic nitrogens is 1. The Morgan fingerprint density at radius 1 is 0.404 bits per heavy atom. The quantitative estimate of drug-likeness (QED) is 0.173. The molecule has 0 aliphatic heterocycles. The van der Waals surface area contributed by atoms with E-state index >= 15 is 0 Å². The average molecular weight is 696 g/mol. The Morgan fingerprint density at radius 3 is 1.65 bits per heavy atom. The van der Waals surface area contributed by atoms with Gasteiger partial charge in [0.2, 0.25) is 0 Å². The smallest absolute Gasteiger partial charge is 0.0714 e. The van der Waals surface area contributed by atoms with Gasteiger partial charge in [-0.1, -0.05) is 146 Å². The van der Waals surface area contributed by atoms with Crippen molar-refractivity contribution in [3.63, 3.8) is 0 Å². The molecule has 1 aliphatic rings. The Labute approximate surface area is 308 Å². The zero-order valence-electron chi connectivity index (χ0n) is 28.0. The van der Waals surface area contributed by atoms with Crippen molar-refractivity contribution < 1.29 is 0 Å². The summed E-state index contributed by atoms with van der Waals surface area (Å²) in [5.74, 6) is 0. The molecule has 8 aromatic carbocycles. The summed E-state index contributed by atoms with van der Waals surface area (Å²) in [6.45, 7) is 0. The topological polar surface area (TPSA) is 4.93 Å². The van der Waals surface area contributed by atoms with Crippen molar-refractivity contribution in [2.45, 2.75) is 5.41 Å². The van der Waals surface area contributed by atoms with Gasteiger partial charge in [-0.2, -0.15) is 0 Å². The minimum Gasteiger partial charge on any atom is -0.309 e. The molecule has 1 nitrogen and oxygen atoms in total. The first-order valence-corrected chi connectivity index (χ1v) is 19.5. The molecule has 3 heterocycles. The monoisotopic (exact) mass is 695 g/mol. The van der Waals surface area contributed by atoms with Crippen LogP contribution in [0.4, 0.5) is 0 Å². The zero-order valence-corrected chi connectivity index (χ0v) is 29.6. The summed E-state index contributed by atoms with van der Waals surface area (Å²) in [6.07, 6.45) is 0. The molecule has 11 aromatic rings. The number of para-hydroxylation sites is 1. The molecule has 3 heteroatoms. The van der Waals surface area contributed by atoms with E-state index in [1.807, 2.05) is 22.7 Å². The van der Waals surface area contributed by atoms with Gasteiger partial charge in [-0.3, -0.25) is 0 Å². The number of hydrogen-bond donors (Lipinski definition) is 0. The van der Waals surface area contributed by atoms with Crippen molar-refractivity contribution in [2.75, 3.05) is 0 Å². The summed E-state index contributed by atoms with van der Waals surface area (Å²) < 4.78 is 8.03. The highest BCUT2D eigenvalue weighted by molar-refractivity contribution is 7.33. The van der Waals surface area contributed by atoms with Crippen LogP contribution in [0.15, 0.2) is 176 Å². The lowest BCUT2D eigenvalue weighted by atomic mass is 9.67. The summed E-state index contributed by atoms with van der Waals surface area (Å²) in [5, 5.41) is 8.04. The number of hydrogen-bond acceptors (Lipinski definition) is 2. The van der Waals surface area contributed by atoms with Gasteiger partial charge in [0, 0.05) is 47.4 Å². The van der Waals surface area contributed by atoms with Crippen LogP contribution in [-0.2, 0) is 5.41 Å². The number of benzene rings is 8. The van der Waals surface area contributed by atoms with E-state index in [-0.39, 0.29) is 0 Å². The first kappa shape index (κ1) is 28.7. The van der Waals surface area contributed by atoms with Crippen LogP contribution >= 0.6 is 22.7 Å². The second kappa shape index (κ2) is 10.5. The molecule has 1 aliphatic carbocycles. The molecular weight excluding hydrogens is 667 g/mol. The van der Waals surface area contributed by atoms with Crippen LogP contribution in [0.25, 0.3) is 79.0 Å². The Hall–Kier alpha value is -6.00. The lowest BCUT2D eigenvalue weighted by molar-refractivity contribution is 0.767. The lowest BCUT2D eigenvalue weighted by Gasteiger charge is -2.34. The second-order valence-corrected chi connectivity index (χ2v) is 16.0. The largest absolute Gasteiger partial charge is 0.309 e. The Balaban J connectivity index is 1.29. The maximum Gasteiger partial charge on any atom is 0.0714 e. The van der Waals surface area contributed by atoms with Crippen molar-refractivity contribution in [1.29, 1.82) is 0 Å². The Morgan fingerprint density at radius 2 is 0.942 bits per heavy atom. The van der Waals surface area contributed by atoms with Crippen LogP contribution in [0.5, 0.6) is 0 Å². The molecule has 0 atom stereocenters. The van der Waals surface area contributed by atoms with Crippen molar-refractivity contribution in [1.82, 2.24) is 4.57 Å². The lowest BCUT2D eigenvalue weighted by Crippen LogP contribution is -2.28. The van der Waals surface area contributed by atoms with Gasteiger partial charge in [0.05, 0.1) is 25.8 Å². The van der Waals surface area contributed by atoms with Gasteiger partial charge in [-0.05, 0) is 63.7 Å². The molecular formula is C49H29NS2. The van der Waals surface area contributed by atoms with Crippen LogP contribution in [0.2, 0.25) is 0 Å². The molecule has 0 saturated carbocycles. The summed E-state index contributed by atoms with van der Waals surface area (Å²) in [5.41, 5.74) is 11.1. The zero-order chi connectivity index (χ0) is 34.0. The molecule has 0 unspecified atom stereocenters. The molecule has 242 valence electrons. The van der Waals surface area contributed by atoms with Crippen LogP contribution in [0.3, 0.4) is 0 Å². The third-order valence-electron chi connectivity index (χ3n) is 11.5. The maximum absolute atomic E-state index is 2.59. The van der Waals surface area contributed by atoms with Crippen molar-refractivity contribution in [3.8, 4) is 16.8 Å². The molecule has 3 aromatic heterocycles.